The second kappa shape index (κ2) is 5.50. The molecule has 1 heterocycles. The number of aliphatic hydroxyl groups is 1. The lowest BCUT2D eigenvalue weighted by atomic mass is 10.1. The number of benzene rings is 1. The van der Waals surface area contributed by atoms with Crippen LogP contribution in [0.3, 0.4) is 0 Å². The number of hydrogen-bond donors (Lipinski definition) is 2. The number of aryl methyl sites for hydroxylation is 1. The van der Waals surface area contributed by atoms with E-state index in [9.17, 15) is 0 Å². The highest BCUT2D eigenvalue weighted by Gasteiger charge is 2.12. The highest BCUT2D eigenvalue weighted by molar-refractivity contribution is 5.75. The molecule has 4 heteroatoms. The second-order valence-electron chi connectivity index (χ2n) is 4.91. The molecule has 2 rings (SSSR count). The summed E-state index contributed by atoms with van der Waals surface area (Å²) < 4.78 is 2.11. The maximum atomic E-state index is 9.11. The zero-order valence-corrected chi connectivity index (χ0v) is 11.2. The Bertz CT molecular complexity index is 521. The van der Waals surface area contributed by atoms with E-state index in [0.29, 0.717) is 0 Å². The molecule has 2 atom stereocenters. The molecule has 1 aromatic carbocycles. The first kappa shape index (κ1) is 13.1. The van der Waals surface area contributed by atoms with Crippen LogP contribution in [0.4, 0.5) is 0 Å². The number of nitrogens with zero attached hydrogens (tertiary/aromatic N) is 2. The molecule has 0 aliphatic rings. The van der Waals surface area contributed by atoms with Gasteiger partial charge in [-0.15, -0.1) is 0 Å². The largest absolute Gasteiger partial charge is 0.396 e. The van der Waals surface area contributed by atoms with Crippen LogP contribution in [0.2, 0.25) is 0 Å². The molecule has 18 heavy (non-hydrogen) atoms. The average Bonchev–Trinajstić information content (AvgIpc) is 2.72. The zero-order valence-electron chi connectivity index (χ0n) is 11.2. The molecule has 0 radical (unpaired) electrons. The van der Waals surface area contributed by atoms with Gasteiger partial charge in [-0.1, -0.05) is 19.1 Å². The summed E-state index contributed by atoms with van der Waals surface area (Å²) >= 11 is 0. The predicted molar refractivity (Wildman–Crippen MR) is 73.3 cm³/mol. The molecule has 0 fully saturated rings. The van der Waals surface area contributed by atoms with Gasteiger partial charge in [-0.2, -0.15) is 0 Å². The van der Waals surface area contributed by atoms with E-state index in [2.05, 4.69) is 27.9 Å². The summed E-state index contributed by atoms with van der Waals surface area (Å²) in [5.74, 6) is 1.27. The SMILES string of the molecule is CC(CO)C(C)NCc1nc2ccccc2n1C. The first-order chi connectivity index (χ1) is 8.63. The molecule has 98 valence electrons. The van der Waals surface area contributed by atoms with Gasteiger partial charge < -0.3 is 15.0 Å². The van der Waals surface area contributed by atoms with Crippen molar-refractivity contribution in [3.05, 3.63) is 30.1 Å². The Labute approximate surface area is 108 Å². The summed E-state index contributed by atoms with van der Waals surface area (Å²) in [5.41, 5.74) is 2.18. The van der Waals surface area contributed by atoms with Crippen LogP contribution in [0.1, 0.15) is 19.7 Å². The van der Waals surface area contributed by atoms with Crippen LogP contribution in [0.5, 0.6) is 0 Å². The minimum absolute atomic E-state index is 0.205. The topological polar surface area (TPSA) is 50.1 Å². The van der Waals surface area contributed by atoms with Gasteiger partial charge in [-0.05, 0) is 25.0 Å². The van der Waals surface area contributed by atoms with E-state index < -0.39 is 0 Å². The van der Waals surface area contributed by atoms with Crippen molar-refractivity contribution < 1.29 is 5.11 Å². The lowest BCUT2D eigenvalue weighted by molar-refractivity contribution is 0.206. The number of aliphatic hydroxyl groups excluding tert-OH is 1. The number of nitrogens with one attached hydrogen (secondary N) is 1. The number of imidazole rings is 1. The fraction of sp³-hybridized carbons (Fsp3) is 0.500. The van der Waals surface area contributed by atoms with Crippen molar-refractivity contribution in [3.63, 3.8) is 0 Å². The lowest BCUT2D eigenvalue weighted by Gasteiger charge is -2.18. The monoisotopic (exact) mass is 247 g/mol. The number of hydrogen-bond acceptors (Lipinski definition) is 3. The maximum Gasteiger partial charge on any atom is 0.123 e. The van der Waals surface area contributed by atoms with Crippen molar-refractivity contribution in [2.24, 2.45) is 13.0 Å². The summed E-state index contributed by atoms with van der Waals surface area (Å²) in [6, 6.07) is 8.40. The van der Waals surface area contributed by atoms with Gasteiger partial charge in [0.2, 0.25) is 0 Å². The van der Waals surface area contributed by atoms with Crippen LogP contribution < -0.4 is 5.32 Å². The van der Waals surface area contributed by atoms with Crippen molar-refractivity contribution >= 4 is 11.0 Å². The van der Waals surface area contributed by atoms with E-state index in [1.54, 1.807) is 0 Å². The molecule has 2 N–H and O–H groups in total. The van der Waals surface area contributed by atoms with Gasteiger partial charge in [-0.25, -0.2) is 4.98 Å². The first-order valence-electron chi connectivity index (χ1n) is 6.38. The van der Waals surface area contributed by atoms with Crippen LogP contribution in [0, 0.1) is 5.92 Å². The van der Waals surface area contributed by atoms with Crippen LogP contribution in [-0.2, 0) is 13.6 Å². The summed E-state index contributed by atoms with van der Waals surface area (Å²) in [5, 5.41) is 12.5. The number of rotatable bonds is 5. The number of aromatic nitrogens is 2. The number of para-hydroxylation sites is 2. The van der Waals surface area contributed by atoms with E-state index in [-0.39, 0.29) is 18.6 Å². The summed E-state index contributed by atoms with van der Waals surface area (Å²) in [7, 11) is 2.03. The van der Waals surface area contributed by atoms with E-state index in [0.717, 1.165) is 23.4 Å². The Balaban J connectivity index is 2.10. The van der Waals surface area contributed by atoms with Crippen LogP contribution in [-0.4, -0.2) is 27.3 Å². The quantitative estimate of drug-likeness (QED) is 0.845. The first-order valence-corrected chi connectivity index (χ1v) is 6.38. The average molecular weight is 247 g/mol. The molecule has 2 unspecified atom stereocenters. The molecule has 0 saturated heterocycles. The lowest BCUT2D eigenvalue weighted by Crippen LogP contribution is -2.34. The van der Waals surface area contributed by atoms with Crippen molar-refractivity contribution in [2.45, 2.75) is 26.4 Å². The third-order valence-corrected chi connectivity index (χ3v) is 3.60. The molecular weight excluding hydrogens is 226 g/mol. The highest BCUT2D eigenvalue weighted by Crippen LogP contribution is 2.14. The molecule has 0 aliphatic carbocycles. The van der Waals surface area contributed by atoms with Gasteiger partial charge in [0.1, 0.15) is 5.82 Å². The van der Waals surface area contributed by atoms with E-state index in [4.69, 9.17) is 5.11 Å². The molecule has 0 bridgehead atoms. The fourth-order valence-electron chi connectivity index (χ4n) is 1.97. The summed E-state index contributed by atoms with van der Waals surface area (Å²) in [6.07, 6.45) is 0. The smallest absolute Gasteiger partial charge is 0.123 e. The Morgan fingerprint density at radius 3 is 2.72 bits per heavy atom. The Morgan fingerprint density at radius 1 is 1.33 bits per heavy atom. The van der Waals surface area contributed by atoms with Crippen molar-refractivity contribution in [3.8, 4) is 0 Å². The zero-order chi connectivity index (χ0) is 13.1. The van der Waals surface area contributed by atoms with Gasteiger partial charge in [0, 0.05) is 19.7 Å². The molecule has 0 saturated carbocycles. The highest BCUT2D eigenvalue weighted by atomic mass is 16.3. The Kier molecular flexibility index (Phi) is 3.99. The van der Waals surface area contributed by atoms with Crippen molar-refractivity contribution in [2.75, 3.05) is 6.61 Å². The van der Waals surface area contributed by atoms with E-state index >= 15 is 0 Å². The number of fused-ring (bicyclic) bond motifs is 1. The molecular formula is C14H21N3O. The second-order valence-corrected chi connectivity index (χ2v) is 4.91. The van der Waals surface area contributed by atoms with Gasteiger partial charge in [0.25, 0.3) is 0 Å². The Morgan fingerprint density at radius 2 is 2.06 bits per heavy atom. The maximum absolute atomic E-state index is 9.11. The molecule has 1 aromatic heterocycles. The van der Waals surface area contributed by atoms with Crippen LogP contribution >= 0.6 is 0 Å². The minimum atomic E-state index is 0.205. The molecule has 0 spiro atoms. The minimum Gasteiger partial charge on any atom is -0.396 e. The van der Waals surface area contributed by atoms with Crippen molar-refractivity contribution in [1.82, 2.24) is 14.9 Å². The summed E-state index contributed by atoms with van der Waals surface area (Å²) in [6.45, 7) is 5.05. The van der Waals surface area contributed by atoms with Crippen LogP contribution in [0.25, 0.3) is 11.0 Å². The normalized spacial score (nSPS) is 14.9. The third-order valence-electron chi connectivity index (χ3n) is 3.60. The molecule has 2 aromatic rings. The standard InChI is InChI=1S/C14H21N3O/c1-10(9-18)11(2)15-8-14-16-12-6-4-5-7-13(12)17(14)3/h4-7,10-11,15,18H,8-9H2,1-3H3. The predicted octanol–water partition coefficient (Wildman–Crippen LogP) is 1.68. The van der Waals surface area contributed by atoms with Crippen molar-refractivity contribution in [1.29, 1.82) is 0 Å². The Hall–Kier alpha value is -1.39. The van der Waals surface area contributed by atoms with Gasteiger partial charge in [0.15, 0.2) is 0 Å². The summed E-state index contributed by atoms with van der Waals surface area (Å²) in [4.78, 5) is 4.61. The molecule has 0 amide bonds. The third kappa shape index (κ3) is 2.54. The van der Waals surface area contributed by atoms with E-state index in [1.807, 2.05) is 32.2 Å². The van der Waals surface area contributed by atoms with Crippen LogP contribution in [0.15, 0.2) is 24.3 Å². The molecule has 4 nitrogen and oxygen atoms in total. The van der Waals surface area contributed by atoms with Gasteiger partial charge >= 0.3 is 0 Å². The fourth-order valence-corrected chi connectivity index (χ4v) is 1.97. The van der Waals surface area contributed by atoms with Gasteiger partial charge in [0.05, 0.1) is 17.6 Å². The van der Waals surface area contributed by atoms with Gasteiger partial charge in [-0.3, -0.25) is 0 Å². The van der Waals surface area contributed by atoms with E-state index in [1.165, 1.54) is 0 Å². The molecule has 0 aliphatic heterocycles.